The monoisotopic (exact) mass is 269 g/mol. The highest BCUT2D eigenvalue weighted by Gasteiger charge is 2.15. The van der Waals surface area contributed by atoms with Crippen LogP contribution in [0, 0.1) is 6.92 Å². The van der Waals surface area contributed by atoms with Crippen LogP contribution < -0.4 is 5.32 Å². The molecule has 0 unspecified atom stereocenters. The fourth-order valence-corrected chi connectivity index (χ4v) is 1.97. The van der Waals surface area contributed by atoms with Crippen molar-refractivity contribution in [1.29, 1.82) is 0 Å². The van der Waals surface area contributed by atoms with E-state index in [1.54, 1.807) is 12.1 Å². The predicted octanol–water partition coefficient (Wildman–Crippen LogP) is 2.62. The zero-order valence-corrected chi connectivity index (χ0v) is 11.1. The van der Waals surface area contributed by atoms with Crippen LogP contribution in [-0.4, -0.2) is 17.0 Å². The zero-order chi connectivity index (χ0) is 14.5. The van der Waals surface area contributed by atoms with E-state index in [9.17, 15) is 9.59 Å². The molecule has 2 aromatic rings. The molecule has 0 aliphatic carbocycles. The summed E-state index contributed by atoms with van der Waals surface area (Å²) in [5.41, 5.74) is 2.27. The van der Waals surface area contributed by atoms with Crippen LogP contribution in [0.2, 0.25) is 0 Å². The topological polar surface area (TPSA) is 66.4 Å². The second kappa shape index (κ2) is 6.02. The van der Waals surface area contributed by atoms with Gasteiger partial charge in [-0.3, -0.25) is 4.79 Å². The molecule has 4 heteroatoms. The highest BCUT2D eigenvalue weighted by Crippen LogP contribution is 2.09. The van der Waals surface area contributed by atoms with Crippen molar-refractivity contribution in [2.45, 2.75) is 13.5 Å². The minimum atomic E-state index is -1.11. The number of aromatic carboxylic acids is 1. The third kappa shape index (κ3) is 3.23. The standard InChI is InChI=1S/C16H15NO3/c1-11-5-4-6-12(9-11)10-17-15(18)13-7-2-3-8-14(13)16(19)20/h2-9H,10H2,1H3,(H,17,18)(H,19,20). The van der Waals surface area contributed by atoms with Gasteiger partial charge in [0.2, 0.25) is 0 Å². The Kier molecular flexibility index (Phi) is 4.15. The van der Waals surface area contributed by atoms with Crippen molar-refractivity contribution in [3.05, 3.63) is 70.8 Å². The Balaban J connectivity index is 2.11. The summed E-state index contributed by atoms with van der Waals surface area (Å²) in [5, 5.41) is 11.8. The Labute approximate surface area is 117 Å². The number of carboxylic acid groups (broad SMARTS) is 1. The molecule has 2 rings (SSSR count). The van der Waals surface area contributed by atoms with Gasteiger partial charge < -0.3 is 10.4 Å². The number of rotatable bonds is 4. The molecule has 0 aliphatic rings. The first kappa shape index (κ1) is 13.8. The Morgan fingerprint density at radius 2 is 1.75 bits per heavy atom. The number of nitrogens with one attached hydrogen (secondary N) is 1. The Bertz CT molecular complexity index is 650. The van der Waals surface area contributed by atoms with Gasteiger partial charge in [-0.25, -0.2) is 4.79 Å². The first-order valence-electron chi connectivity index (χ1n) is 6.24. The van der Waals surface area contributed by atoms with E-state index in [-0.39, 0.29) is 17.0 Å². The number of carbonyl (C=O) groups excluding carboxylic acids is 1. The molecule has 0 aromatic heterocycles. The molecule has 0 radical (unpaired) electrons. The van der Waals surface area contributed by atoms with Crippen LogP contribution in [0.5, 0.6) is 0 Å². The minimum Gasteiger partial charge on any atom is -0.478 e. The van der Waals surface area contributed by atoms with Gasteiger partial charge in [0.1, 0.15) is 0 Å². The van der Waals surface area contributed by atoms with Crippen molar-refractivity contribution >= 4 is 11.9 Å². The van der Waals surface area contributed by atoms with Gasteiger partial charge in [0.25, 0.3) is 5.91 Å². The molecule has 20 heavy (non-hydrogen) atoms. The largest absolute Gasteiger partial charge is 0.478 e. The average Bonchev–Trinajstić information content (AvgIpc) is 2.45. The van der Waals surface area contributed by atoms with E-state index in [1.807, 2.05) is 31.2 Å². The van der Waals surface area contributed by atoms with E-state index >= 15 is 0 Å². The van der Waals surface area contributed by atoms with Crippen LogP contribution in [-0.2, 0) is 6.54 Å². The van der Waals surface area contributed by atoms with Crippen molar-refractivity contribution < 1.29 is 14.7 Å². The Morgan fingerprint density at radius 3 is 2.40 bits per heavy atom. The molecule has 0 saturated carbocycles. The van der Waals surface area contributed by atoms with Gasteiger partial charge >= 0.3 is 5.97 Å². The van der Waals surface area contributed by atoms with Gasteiger partial charge in [-0.1, -0.05) is 42.0 Å². The number of hydrogen-bond donors (Lipinski definition) is 2. The molecule has 0 saturated heterocycles. The van der Waals surface area contributed by atoms with Crippen LogP contribution in [0.4, 0.5) is 0 Å². The molecular weight excluding hydrogens is 254 g/mol. The van der Waals surface area contributed by atoms with Crippen LogP contribution >= 0.6 is 0 Å². The normalized spacial score (nSPS) is 10.1. The minimum absolute atomic E-state index is 0.00856. The molecule has 1 amide bonds. The third-order valence-corrected chi connectivity index (χ3v) is 2.94. The molecule has 4 nitrogen and oxygen atoms in total. The quantitative estimate of drug-likeness (QED) is 0.896. The molecule has 0 atom stereocenters. The SMILES string of the molecule is Cc1cccc(CNC(=O)c2ccccc2C(=O)O)c1. The van der Waals surface area contributed by atoms with Crippen LogP contribution in [0.25, 0.3) is 0 Å². The molecule has 102 valence electrons. The smallest absolute Gasteiger partial charge is 0.336 e. The fraction of sp³-hybridized carbons (Fsp3) is 0.125. The number of carboxylic acids is 1. The van der Waals surface area contributed by atoms with E-state index in [0.717, 1.165) is 11.1 Å². The molecule has 2 N–H and O–H groups in total. The molecule has 0 bridgehead atoms. The van der Waals surface area contributed by atoms with E-state index in [1.165, 1.54) is 12.1 Å². The van der Waals surface area contributed by atoms with E-state index in [4.69, 9.17) is 5.11 Å². The molecular formula is C16H15NO3. The molecule has 0 aliphatic heterocycles. The molecule has 0 spiro atoms. The van der Waals surface area contributed by atoms with Crippen LogP contribution in [0.15, 0.2) is 48.5 Å². The van der Waals surface area contributed by atoms with Gasteiger partial charge in [0.05, 0.1) is 11.1 Å². The van der Waals surface area contributed by atoms with Crippen LogP contribution in [0.1, 0.15) is 31.8 Å². The summed E-state index contributed by atoms with van der Waals surface area (Å²) in [7, 11) is 0. The second-order valence-corrected chi connectivity index (χ2v) is 4.52. The number of aryl methyl sites for hydroxylation is 1. The van der Waals surface area contributed by atoms with E-state index in [2.05, 4.69) is 5.32 Å². The van der Waals surface area contributed by atoms with Crippen molar-refractivity contribution in [2.75, 3.05) is 0 Å². The summed E-state index contributed by atoms with van der Waals surface area (Å²) < 4.78 is 0. The average molecular weight is 269 g/mol. The predicted molar refractivity (Wildman–Crippen MR) is 75.8 cm³/mol. The molecule has 2 aromatic carbocycles. The second-order valence-electron chi connectivity index (χ2n) is 4.52. The first-order valence-corrected chi connectivity index (χ1v) is 6.24. The van der Waals surface area contributed by atoms with E-state index in [0.29, 0.717) is 6.54 Å². The number of amides is 1. The molecule has 0 fully saturated rings. The lowest BCUT2D eigenvalue weighted by atomic mass is 10.1. The summed E-state index contributed by atoms with van der Waals surface area (Å²) in [6, 6.07) is 14.0. The lowest BCUT2D eigenvalue weighted by Crippen LogP contribution is -2.24. The summed E-state index contributed by atoms with van der Waals surface area (Å²) >= 11 is 0. The van der Waals surface area contributed by atoms with Crippen molar-refractivity contribution in [3.63, 3.8) is 0 Å². The summed E-state index contributed by atoms with van der Waals surface area (Å²) in [6.45, 7) is 2.35. The Morgan fingerprint density at radius 1 is 1.05 bits per heavy atom. The fourth-order valence-electron chi connectivity index (χ4n) is 1.97. The maximum Gasteiger partial charge on any atom is 0.336 e. The first-order chi connectivity index (χ1) is 9.58. The van der Waals surface area contributed by atoms with Gasteiger partial charge in [0, 0.05) is 6.54 Å². The maximum atomic E-state index is 12.1. The summed E-state index contributed by atoms with van der Waals surface area (Å²) in [5.74, 6) is -1.49. The van der Waals surface area contributed by atoms with Crippen LogP contribution in [0.3, 0.4) is 0 Å². The number of benzene rings is 2. The number of hydrogen-bond acceptors (Lipinski definition) is 2. The van der Waals surface area contributed by atoms with Gasteiger partial charge in [-0.15, -0.1) is 0 Å². The highest BCUT2D eigenvalue weighted by molar-refractivity contribution is 6.04. The highest BCUT2D eigenvalue weighted by atomic mass is 16.4. The maximum absolute atomic E-state index is 12.1. The van der Waals surface area contributed by atoms with E-state index < -0.39 is 5.97 Å². The van der Waals surface area contributed by atoms with Crippen molar-refractivity contribution in [3.8, 4) is 0 Å². The molecule has 0 heterocycles. The van der Waals surface area contributed by atoms with Gasteiger partial charge in [-0.2, -0.15) is 0 Å². The van der Waals surface area contributed by atoms with Gasteiger partial charge in [0.15, 0.2) is 0 Å². The third-order valence-electron chi connectivity index (χ3n) is 2.94. The zero-order valence-electron chi connectivity index (χ0n) is 11.1. The van der Waals surface area contributed by atoms with Crippen molar-refractivity contribution in [2.24, 2.45) is 0 Å². The lowest BCUT2D eigenvalue weighted by molar-refractivity contribution is 0.0691. The number of carbonyl (C=O) groups is 2. The van der Waals surface area contributed by atoms with Gasteiger partial charge in [-0.05, 0) is 24.6 Å². The summed E-state index contributed by atoms with van der Waals surface area (Å²) in [4.78, 5) is 23.1. The Hall–Kier alpha value is -2.62. The van der Waals surface area contributed by atoms with Crippen molar-refractivity contribution in [1.82, 2.24) is 5.32 Å². The lowest BCUT2D eigenvalue weighted by Gasteiger charge is -2.08. The summed E-state index contributed by atoms with van der Waals surface area (Å²) in [6.07, 6.45) is 0.